The average Bonchev–Trinajstić information content (AvgIpc) is 2.88. The van der Waals surface area contributed by atoms with Crippen LogP contribution in [0.1, 0.15) is 19.8 Å². The van der Waals surface area contributed by atoms with Crippen LogP contribution in [0, 0.1) is 0 Å². The molecule has 1 atom stereocenters. The summed E-state index contributed by atoms with van der Waals surface area (Å²) in [7, 11) is 0. The third kappa shape index (κ3) is 2.65. The maximum atomic E-state index is 12.4. The Morgan fingerprint density at radius 3 is 3.05 bits per heavy atom. The van der Waals surface area contributed by atoms with Crippen molar-refractivity contribution in [1.29, 1.82) is 0 Å². The smallest absolute Gasteiger partial charge is 0.262 e. The van der Waals surface area contributed by atoms with Crippen LogP contribution in [-0.4, -0.2) is 28.9 Å². The highest BCUT2D eigenvalue weighted by Crippen LogP contribution is 2.40. The molecule has 2 heterocycles. The second-order valence-electron chi connectivity index (χ2n) is 5.41. The number of carbonyl (C=O) groups excluding carboxylic acids is 2. The molecule has 1 saturated heterocycles. The SMILES string of the molecule is CC1(C(=O)Nc2cc3c(cc2N)OCC(=O)N3)CCCS1. The molecule has 4 N–H and O–H groups in total. The van der Waals surface area contributed by atoms with E-state index in [1.165, 1.54) is 0 Å². The van der Waals surface area contributed by atoms with E-state index in [2.05, 4.69) is 10.6 Å². The molecule has 21 heavy (non-hydrogen) atoms. The van der Waals surface area contributed by atoms with Gasteiger partial charge in [-0.05, 0) is 31.6 Å². The van der Waals surface area contributed by atoms with Crippen molar-refractivity contribution in [3.8, 4) is 5.75 Å². The summed E-state index contributed by atoms with van der Waals surface area (Å²) in [6.45, 7) is 1.92. The van der Waals surface area contributed by atoms with Crippen molar-refractivity contribution in [2.75, 3.05) is 28.7 Å². The molecule has 0 aliphatic carbocycles. The fourth-order valence-electron chi connectivity index (χ4n) is 2.46. The third-order valence-corrected chi connectivity index (χ3v) is 5.25. The fourth-order valence-corrected chi connectivity index (χ4v) is 3.67. The van der Waals surface area contributed by atoms with E-state index in [0.29, 0.717) is 22.8 Å². The van der Waals surface area contributed by atoms with E-state index in [4.69, 9.17) is 10.5 Å². The molecule has 112 valence electrons. The number of rotatable bonds is 2. The van der Waals surface area contributed by atoms with Crippen LogP contribution in [0.15, 0.2) is 12.1 Å². The number of hydrogen-bond acceptors (Lipinski definition) is 5. The minimum absolute atomic E-state index is 0.0210. The predicted molar refractivity (Wildman–Crippen MR) is 83.7 cm³/mol. The second-order valence-corrected chi connectivity index (χ2v) is 7.01. The van der Waals surface area contributed by atoms with E-state index in [1.807, 2.05) is 6.92 Å². The summed E-state index contributed by atoms with van der Waals surface area (Å²) < 4.78 is 4.87. The van der Waals surface area contributed by atoms with Gasteiger partial charge in [-0.25, -0.2) is 0 Å². The molecule has 2 aliphatic rings. The highest BCUT2D eigenvalue weighted by atomic mass is 32.2. The lowest BCUT2D eigenvalue weighted by Crippen LogP contribution is -2.35. The van der Waals surface area contributed by atoms with E-state index in [1.54, 1.807) is 23.9 Å². The van der Waals surface area contributed by atoms with Gasteiger partial charge in [0.1, 0.15) is 5.75 Å². The van der Waals surface area contributed by atoms with Crippen LogP contribution >= 0.6 is 11.8 Å². The highest BCUT2D eigenvalue weighted by Gasteiger charge is 2.37. The highest BCUT2D eigenvalue weighted by molar-refractivity contribution is 8.01. The first-order valence-corrected chi connectivity index (χ1v) is 7.78. The number of nitrogens with one attached hydrogen (secondary N) is 2. The largest absolute Gasteiger partial charge is 0.482 e. The molecule has 0 bridgehead atoms. The Kier molecular flexibility index (Phi) is 3.44. The van der Waals surface area contributed by atoms with Crippen LogP contribution in [0.25, 0.3) is 0 Å². The number of fused-ring (bicyclic) bond motifs is 1. The summed E-state index contributed by atoms with van der Waals surface area (Å²) in [6, 6.07) is 3.26. The van der Waals surface area contributed by atoms with Gasteiger partial charge in [0.15, 0.2) is 6.61 Å². The first kappa shape index (κ1) is 14.1. The van der Waals surface area contributed by atoms with Crippen molar-refractivity contribution >= 4 is 40.6 Å². The first-order valence-electron chi connectivity index (χ1n) is 6.79. The van der Waals surface area contributed by atoms with E-state index >= 15 is 0 Å². The van der Waals surface area contributed by atoms with Gasteiger partial charge in [0.25, 0.3) is 5.91 Å². The molecule has 6 nitrogen and oxygen atoms in total. The van der Waals surface area contributed by atoms with Crippen molar-refractivity contribution in [3.05, 3.63) is 12.1 Å². The molecule has 1 aromatic carbocycles. The van der Waals surface area contributed by atoms with Gasteiger partial charge in [-0.3, -0.25) is 9.59 Å². The van der Waals surface area contributed by atoms with Crippen LogP contribution in [0.5, 0.6) is 5.75 Å². The van der Waals surface area contributed by atoms with E-state index in [9.17, 15) is 9.59 Å². The standard InChI is InChI=1S/C14H17N3O3S/c1-14(3-2-4-21-14)13(19)17-9-6-10-11(5-8(9)15)20-7-12(18)16-10/h5-6H,2-4,7,15H2,1H3,(H,16,18)(H,17,19). The molecule has 3 rings (SSSR count). The lowest BCUT2D eigenvalue weighted by molar-refractivity contribution is -0.119. The minimum Gasteiger partial charge on any atom is -0.482 e. The predicted octanol–water partition coefficient (Wildman–Crippen LogP) is 1.82. The second kappa shape index (κ2) is 5.14. The topological polar surface area (TPSA) is 93.5 Å². The molecule has 0 aromatic heterocycles. The average molecular weight is 307 g/mol. The van der Waals surface area contributed by atoms with Crippen LogP contribution in [0.4, 0.5) is 17.1 Å². The van der Waals surface area contributed by atoms with Crippen molar-refractivity contribution in [3.63, 3.8) is 0 Å². The molecule has 2 amide bonds. The minimum atomic E-state index is -0.415. The molecule has 2 aliphatic heterocycles. The maximum absolute atomic E-state index is 12.4. The zero-order valence-corrected chi connectivity index (χ0v) is 12.5. The first-order chi connectivity index (χ1) is 9.98. The molecule has 0 saturated carbocycles. The summed E-state index contributed by atoms with van der Waals surface area (Å²) in [6.07, 6.45) is 1.90. The Morgan fingerprint density at radius 2 is 2.33 bits per heavy atom. The van der Waals surface area contributed by atoms with Crippen molar-refractivity contribution in [2.24, 2.45) is 0 Å². The van der Waals surface area contributed by atoms with Gasteiger partial charge in [0.05, 0.1) is 21.8 Å². The van der Waals surface area contributed by atoms with Gasteiger partial charge >= 0.3 is 0 Å². The summed E-state index contributed by atoms with van der Waals surface area (Å²) in [5.74, 6) is 1.24. The van der Waals surface area contributed by atoms with Gasteiger partial charge in [0, 0.05) is 6.07 Å². The van der Waals surface area contributed by atoms with Crippen molar-refractivity contribution in [1.82, 2.24) is 0 Å². The Hall–Kier alpha value is -1.89. The monoisotopic (exact) mass is 307 g/mol. The Labute approximate surface area is 126 Å². The van der Waals surface area contributed by atoms with E-state index < -0.39 is 4.75 Å². The van der Waals surface area contributed by atoms with Crippen LogP contribution in [0.3, 0.4) is 0 Å². The number of benzene rings is 1. The number of carbonyl (C=O) groups is 2. The number of hydrogen-bond donors (Lipinski definition) is 3. The Balaban J connectivity index is 1.84. The summed E-state index contributed by atoms with van der Waals surface area (Å²) in [5.41, 5.74) is 7.40. The molecular formula is C14H17N3O3S. The van der Waals surface area contributed by atoms with Gasteiger partial charge in [-0.2, -0.15) is 0 Å². The molecule has 0 radical (unpaired) electrons. The number of ether oxygens (including phenoxy) is 1. The Bertz CT molecular complexity index is 612. The lowest BCUT2D eigenvalue weighted by atomic mass is 10.0. The zero-order chi connectivity index (χ0) is 15.0. The quantitative estimate of drug-likeness (QED) is 0.725. The zero-order valence-electron chi connectivity index (χ0n) is 11.7. The Morgan fingerprint density at radius 1 is 1.52 bits per heavy atom. The third-order valence-electron chi connectivity index (χ3n) is 3.73. The van der Waals surface area contributed by atoms with Crippen LogP contribution in [0.2, 0.25) is 0 Å². The lowest BCUT2D eigenvalue weighted by Gasteiger charge is -2.24. The summed E-state index contributed by atoms with van der Waals surface area (Å²) in [4.78, 5) is 23.8. The molecular weight excluding hydrogens is 290 g/mol. The molecule has 7 heteroatoms. The normalized spacial score (nSPS) is 24.0. The van der Waals surface area contributed by atoms with Crippen molar-refractivity contribution in [2.45, 2.75) is 24.5 Å². The summed E-state index contributed by atoms with van der Waals surface area (Å²) in [5, 5.41) is 5.57. The van der Waals surface area contributed by atoms with Crippen LogP contribution in [-0.2, 0) is 9.59 Å². The van der Waals surface area contributed by atoms with Crippen LogP contribution < -0.4 is 21.1 Å². The fraction of sp³-hybridized carbons (Fsp3) is 0.429. The molecule has 1 unspecified atom stereocenters. The number of thioether (sulfide) groups is 1. The number of anilines is 3. The number of nitrogens with two attached hydrogens (primary N) is 1. The van der Waals surface area contributed by atoms with Gasteiger partial charge in [-0.15, -0.1) is 11.8 Å². The van der Waals surface area contributed by atoms with Gasteiger partial charge < -0.3 is 21.1 Å². The van der Waals surface area contributed by atoms with E-state index in [-0.39, 0.29) is 18.4 Å². The van der Waals surface area contributed by atoms with Gasteiger partial charge in [0.2, 0.25) is 5.91 Å². The number of amides is 2. The molecule has 1 fully saturated rings. The summed E-state index contributed by atoms with van der Waals surface area (Å²) >= 11 is 1.66. The van der Waals surface area contributed by atoms with Crippen molar-refractivity contribution < 1.29 is 14.3 Å². The maximum Gasteiger partial charge on any atom is 0.262 e. The number of nitrogen functional groups attached to an aromatic ring is 1. The van der Waals surface area contributed by atoms with Gasteiger partial charge in [-0.1, -0.05) is 0 Å². The van der Waals surface area contributed by atoms with E-state index in [0.717, 1.165) is 18.6 Å². The molecule has 1 aromatic rings. The molecule has 0 spiro atoms.